The lowest BCUT2D eigenvalue weighted by atomic mass is 10.0. The highest BCUT2D eigenvalue weighted by atomic mass is 14.9. The molecule has 0 spiro atoms. The van der Waals surface area contributed by atoms with Gasteiger partial charge in [-0.2, -0.15) is 0 Å². The first kappa shape index (κ1) is 16.6. The third kappa shape index (κ3) is 13.1. The highest BCUT2D eigenvalue weighted by Crippen LogP contribution is 1.89. The fourth-order valence-electron chi connectivity index (χ4n) is 0.778. The van der Waals surface area contributed by atoms with Crippen molar-refractivity contribution in [2.75, 3.05) is 0 Å². The van der Waals surface area contributed by atoms with E-state index in [0.29, 0.717) is 0 Å². The van der Waals surface area contributed by atoms with Crippen molar-refractivity contribution in [2.45, 2.75) is 53.8 Å². The van der Waals surface area contributed by atoms with Gasteiger partial charge in [-0.1, -0.05) is 39.9 Å². The summed E-state index contributed by atoms with van der Waals surface area (Å²) in [4.78, 5) is 7.99. The Bertz CT molecular complexity index is 207. The molecular formula is C12H23BN2. The number of aryl methyl sites for hydroxylation is 2. The van der Waals surface area contributed by atoms with E-state index in [0.717, 1.165) is 17.8 Å². The van der Waals surface area contributed by atoms with Crippen molar-refractivity contribution in [3.63, 3.8) is 0 Å². The number of hydrogen-bond donors (Lipinski definition) is 0. The number of hydrogen-bond acceptors (Lipinski definition) is 2. The van der Waals surface area contributed by atoms with Gasteiger partial charge < -0.3 is 0 Å². The maximum Gasteiger partial charge on any atom is 0.125 e. The summed E-state index contributed by atoms with van der Waals surface area (Å²) in [5.41, 5.74) is 1.03. The Morgan fingerprint density at radius 1 is 1.27 bits per heavy atom. The molecule has 0 saturated heterocycles. The van der Waals surface area contributed by atoms with E-state index in [4.69, 9.17) is 7.85 Å². The van der Waals surface area contributed by atoms with Crippen LogP contribution in [-0.2, 0) is 0 Å². The summed E-state index contributed by atoms with van der Waals surface area (Å²) in [6.45, 7) is 9.97. The number of unbranched alkanes of at least 4 members (excludes halogenated alkanes) is 1. The van der Waals surface area contributed by atoms with Crippen LogP contribution in [0.5, 0.6) is 0 Å². The lowest BCUT2D eigenvalue weighted by Gasteiger charge is -1.89. The quantitative estimate of drug-likeness (QED) is 0.692. The summed E-state index contributed by atoms with van der Waals surface area (Å²) >= 11 is 0. The summed E-state index contributed by atoms with van der Waals surface area (Å²) < 4.78 is 0. The average molecular weight is 206 g/mol. The van der Waals surface area contributed by atoms with Gasteiger partial charge in [-0.05, 0) is 19.9 Å². The topological polar surface area (TPSA) is 25.8 Å². The van der Waals surface area contributed by atoms with Crippen molar-refractivity contribution >= 4 is 7.85 Å². The lowest BCUT2D eigenvalue weighted by Crippen LogP contribution is -1.86. The first-order valence-corrected chi connectivity index (χ1v) is 5.67. The summed E-state index contributed by atoms with van der Waals surface area (Å²) in [6.07, 6.45) is 4.99. The summed E-state index contributed by atoms with van der Waals surface area (Å²) in [6, 6.07) is 1.88. The predicted octanol–water partition coefficient (Wildman–Crippen LogP) is 3.49. The Balaban J connectivity index is 0. The molecule has 1 heterocycles. The van der Waals surface area contributed by atoms with Gasteiger partial charge in [-0.15, -0.1) is 0 Å². The third-order valence-corrected chi connectivity index (χ3v) is 1.47. The minimum atomic E-state index is 0.838. The van der Waals surface area contributed by atoms with E-state index in [9.17, 15) is 0 Å². The largest absolute Gasteiger partial charge is 0.242 e. The van der Waals surface area contributed by atoms with Crippen LogP contribution in [0, 0.1) is 13.8 Å². The van der Waals surface area contributed by atoms with Crippen molar-refractivity contribution in [1.29, 1.82) is 0 Å². The van der Waals surface area contributed by atoms with Crippen LogP contribution in [0.2, 0.25) is 6.32 Å². The van der Waals surface area contributed by atoms with Gasteiger partial charge in [-0.25, -0.2) is 9.97 Å². The molecule has 3 heteroatoms. The Hall–Kier alpha value is -0.855. The maximum absolute atomic E-state index is 5.14. The van der Waals surface area contributed by atoms with Crippen LogP contribution in [0.15, 0.2) is 12.3 Å². The van der Waals surface area contributed by atoms with Crippen LogP contribution in [0.25, 0.3) is 0 Å². The van der Waals surface area contributed by atoms with Crippen LogP contribution in [0.4, 0.5) is 0 Å². The minimum Gasteiger partial charge on any atom is -0.242 e. The molecule has 1 rings (SSSR count). The molecule has 0 fully saturated rings. The smallest absolute Gasteiger partial charge is 0.125 e. The van der Waals surface area contributed by atoms with Gasteiger partial charge in [0.25, 0.3) is 0 Å². The second-order valence-corrected chi connectivity index (χ2v) is 2.89. The molecule has 0 N–H and O–H groups in total. The molecule has 0 aromatic carbocycles. The highest BCUT2D eigenvalue weighted by Gasteiger charge is 1.83. The van der Waals surface area contributed by atoms with Crippen molar-refractivity contribution in [1.82, 2.24) is 9.97 Å². The summed E-state index contributed by atoms with van der Waals surface area (Å²) in [7, 11) is 5.14. The molecule has 84 valence electrons. The molecule has 0 aliphatic heterocycles. The zero-order chi connectivity index (χ0) is 12.1. The summed E-state index contributed by atoms with van der Waals surface area (Å²) in [5, 5.41) is 0. The molecule has 1 aromatic heterocycles. The van der Waals surface area contributed by atoms with Gasteiger partial charge in [-0.3, -0.25) is 0 Å². The van der Waals surface area contributed by atoms with E-state index < -0.39 is 0 Å². The van der Waals surface area contributed by atoms with Gasteiger partial charge in [0.05, 0.1) is 7.85 Å². The predicted molar refractivity (Wildman–Crippen MR) is 68.3 cm³/mol. The van der Waals surface area contributed by atoms with Gasteiger partial charge >= 0.3 is 0 Å². The fraction of sp³-hybridized carbons (Fsp3) is 0.667. The normalized spacial score (nSPS) is 8.07. The first-order chi connectivity index (χ1) is 7.20. The molecule has 0 saturated carbocycles. The Morgan fingerprint density at radius 3 is 2.07 bits per heavy atom. The van der Waals surface area contributed by atoms with E-state index in [-0.39, 0.29) is 0 Å². The standard InChI is InChI=1S/C6H8N2.C4H9B.C2H6/c1-5-3-4-7-6(2)8-5;1-2-3-4-5;1-2/h3-4H,1-2H3;2-4H2,1H3;1-2H3. The van der Waals surface area contributed by atoms with Gasteiger partial charge in [0.15, 0.2) is 0 Å². The molecule has 1 aromatic rings. The van der Waals surface area contributed by atoms with Crippen molar-refractivity contribution in [2.24, 2.45) is 0 Å². The van der Waals surface area contributed by atoms with Gasteiger partial charge in [0, 0.05) is 11.9 Å². The summed E-state index contributed by atoms with van der Waals surface area (Å²) in [5.74, 6) is 0.838. The van der Waals surface area contributed by atoms with Gasteiger partial charge in [0.1, 0.15) is 5.82 Å². The fourth-order valence-corrected chi connectivity index (χ4v) is 0.778. The van der Waals surface area contributed by atoms with Crippen LogP contribution in [-0.4, -0.2) is 17.8 Å². The van der Waals surface area contributed by atoms with Gasteiger partial charge in [0.2, 0.25) is 0 Å². The number of nitrogens with zero attached hydrogens (tertiary/aromatic N) is 2. The van der Waals surface area contributed by atoms with Crippen molar-refractivity contribution in [3.8, 4) is 0 Å². The van der Waals surface area contributed by atoms with E-state index in [1.54, 1.807) is 6.20 Å². The lowest BCUT2D eigenvalue weighted by molar-refractivity contribution is 0.884. The van der Waals surface area contributed by atoms with E-state index in [2.05, 4.69) is 16.9 Å². The van der Waals surface area contributed by atoms with E-state index in [1.807, 2.05) is 33.8 Å². The monoisotopic (exact) mass is 206 g/mol. The Labute approximate surface area is 96.0 Å². The van der Waals surface area contributed by atoms with Crippen molar-refractivity contribution in [3.05, 3.63) is 23.8 Å². The average Bonchev–Trinajstić information content (AvgIpc) is 2.22. The highest BCUT2D eigenvalue weighted by molar-refractivity contribution is 6.08. The maximum atomic E-state index is 5.14. The molecular weight excluding hydrogens is 183 g/mol. The molecule has 0 aliphatic rings. The Morgan fingerprint density at radius 2 is 1.87 bits per heavy atom. The van der Waals surface area contributed by atoms with Crippen LogP contribution >= 0.6 is 0 Å². The zero-order valence-corrected chi connectivity index (χ0v) is 10.7. The second kappa shape index (κ2) is 13.1. The molecule has 0 unspecified atom stereocenters. The van der Waals surface area contributed by atoms with E-state index >= 15 is 0 Å². The zero-order valence-electron chi connectivity index (χ0n) is 10.7. The first-order valence-electron chi connectivity index (χ1n) is 5.67. The SMILES string of the molecule is CC.Cc1ccnc(C)n1.[B]CCCC. The second-order valence-electron chi connectivity index (χ2n) is 2.89. The number of aromatic nitrogens is 2. The van der Waals surface area contributed by atoms with Crippen LogP contribution in [0.3, 0.4) is 0 Å². The van der Waals surface area contributed by atoms with E-state index in [1.165, 1.54) is 12.8 Å². The third-order valence-electron chi connectivity index (χ3n) is 1.47. The molecule has 2 nitrogen and oxygen atoms in total. The molecule has 0 atom stereocenters. The van der Waals surface area contributed by atoms with Crippen molar-refractivity contribution < 1.29 is 0 Å². The molecule has 15 heavy (non-hydrogen) atoms. The number of rotatable bonds is 2. The molecule has 0 aliphatic carbocycles. The minimum absolute atomic E-state index is 0.838. The van der Waals surface area contributed by atoms with Crippen LogP contribution < -0.4 is 0 Å². The van der Waals surface area contributed by atoms with Crippen LogP contribution in [0.1, 0.15) is 45.1 Å². The Kier molecular flexibility index (Phi) is 14.5. The molecule has 0 bridgehead atoms. The molecule has 2 radical (unpaired) electrons. The molecule has 0 amide bonds.